The van der Waals surface area contributed by atoms with Crippen LogP contribution in [0.1, 0.15) is 131 Å². The van der Waals surface area contributed by atoms with Crippen LogP contribution in [-0.2, 0) is 28.7 Å². The third-order valence-corrected chi connectivity index (χ3v) is 12.7. The Hall–Kier alpha value is -3.33. The fourth-order valence-electron chi connectivity index (χ4n) is 10.2. The van der Waals surface area contributed by atoms with Gasteiger partial charge in [0.25, 0.3) is 0 Å². The molecule has 5 aliphatic rings. The number of esters is 2. The van der Waals surface area contributed by atoms with E-state index in [2.05, 4.69) is 75.5 Å². The van der Waals surface area contributed by atoms with Gasteiger partial charge in [-0.1, -0.05) is 51.7 Å². The molecular formula is C41H66N8O6. The van der Waals surface area contributed by atoms with Crippen LogP contribution in [0.3, 0.4) is 0 Å². The molecule has 4 fully saturated rings. The summed E-state index contributed by atoms with van der Waals surface area (Å²) >= 11 is 0. The molecule has 0 radical (unpaired) electrons. The summed E-state index contributed by atoms with van der Waals surface area (Å²) < 4.78 is 10.7. The maximum absolute atomic E-state index is 11.9. The summed E-state index contributed by atoms with van der Waals surface area (Å²) in [6, 6.07) is -0.0282. The fraction of sp³-hybridized carbons (Fsp3) is 0.780. The van der Waals surface area contributed by atoms with Gasteiger partial charge in [0.15, 0.2) is 0 Å². The van der Waals surface area contributed by atoms with Gasteiger partial charge in [0.1, 0.15) is 13.2 Å². The Morgan fingerprint density at radius 2 is 1.07 bits per heavy atom. The SMILES string of the molecule is C=CC(=O)OCCN(CCOC(=O)C=C)c1nc2nc(n1)NC1CC(C)(C)N(OC3CCCCC3)C(C)(C1)C1(C)CC(CC(C)(C)N1OC1CCCCC1)N2. The summed E-state index contributed by atoms with van der Waals surface area (Å²) in [4.78, 5) is 55.1. The number of ether oxygens (including phenoxy) is 2. The van der Waals surface area contributed by atoms with Crippen molar-refractivity contribution in [3.8, 4) is 0 Å². The summed E-state index contributed by atoms with van der Waals surface area (Å²) in [7, 11) is 0. The minimum absolute atomic E-state index is 0.0141. The van der Waals surface area contributed by atoms with Crippen LogP contribution in [0.25, 0.3) is 0 Å². The molecule has 1 aromatic heterocycles. The molecule has 0 amide bonds. The van der Waals surface area contributed by atoms with Crippen molar-refractivity contribution in [2.75, 3.05) is 41.8 Å². The summed E-state index contributed by atoms with van der Waals surface area (Å²) in [5.74, 6) is 0.231. The molecule has 14 heteroatoms. The lowest BCUT2D eigenvalue weighted by Crippen LogP contribution is -2.80. The standard InChI is InChI=1S/C41H66N8O6/c1-9-33(50)52-23-21-47(22-24-53-34(51)10-2)37-45-35-42-29-25-38(3,4)48(54-31-17-13-11-14-18-31)40(7,27-29)41(8)28-30(43-36(44-35)46-37)26-39(5,6)49(41)55-32-19-15-12-16-20-32/h9-10,29-32H,1-2,11-28H2,3-8H3,(H2,42,43,44,45,46). The van der Waals surface area contributed by atoms with E-state index in [0.717, 1.165) is 63.5 Å². The maximum atomic E-state index is 11.9. The topological polar surface area (TPSA) is 144 Å². The van der Waals surface area contributed by atoms with Gasteiger partial charge in [0.2, 0.25) is 17.8 Å². The quantitative estimate of drug-likeness (QED) is 0.166. The Morgan fingerprint density at radius 1 is 0.673 bits per heavy atom. The van der Waals surface area contributed by atoms with Gasteiger partial charge in [-0.05, 0) is 92.9 Å². The summed E-state index contributed by atoms with van der Waals surface area (Å²) in [6.45, 7) is 21.7. The highest BCUT2D eigenvalue weighted by atomic mass is 16.7. The smallest absolute Gasteiger partial charge is 0.330 e. The predicted octanol–water partition coefficient (Wildman–Crippen LogP) is 6.51. The second-order valence-corrected chi connectivity index (χ2v) is 18.0. The Kier molecular flexibility index (Phi) is 12.8. The molecule has 1 aromatic rings. The van der Waals surface area contributed by atoms with Crippen molar-refractivity contribution in [3.05, 3.63) is 25.3 Å². The van der Waals surface area contributed by atoms with Gasteiger partial charge in [0.05, 0.1) is 36.4 Å². The molecule has 2 aliphatic carbocycles. The van der Waals surface area contributed by atoms with Gasteiger partial charge >= 0.3 is 11.9 Å². The molecule has 4 heterocycles. The van der Waals surface area contributed by atoms with Gasteiger partial charge in [-0.3, -0.25) is 9.68 Å². The van der Waals surface area contributed by atoms with E-state index in [4.69, 9.17) is 34.1 Å². The molecule has 0 aromatic carbocycles. The second-order valence-electron chi connectivity index (χ2n) is 18.0. The molecule has 4 atom stereocenters. The minimum atomic E-state index is -0.522. The van der Waals surface area contributed by atoms with Crippen LogP contribution >= 0.6 is 0 Å². The van der Waals surface area contributed by atoms with Crippen LogP contribution in [0.4, 0.5) is 17.8 Å². The molecule has 0 spiro atoms. The van der Waals surface area contributed by atoms with E-state index in [1.165, 1.54) is 38.5 Å². The highest BCUT2D eigenvalue weighted by Crippen LogP contribution is 2.54. The van der Waals surface area contributed by atoms with Crippen LogP contribution in [-0.4, -0.2) is 110 Å². The summed E-state index contributed by atoms with van der Waals surface area (Å²) in [6.07, 6.45) is 17.3. The van der Waals surface area contributed by atoms with Crippen molar-refractivity contribution in [2.24, 2.45) is 0 Å². The molecule has 6 bridgehead atoms. The van der Waals surface area contributed by atoms with Crippen molar-refractivity contribution in [1.29, 1.82) is 0 Å². The van der Waals surface area contributed by atoms with Crippen LogP contribution in [0, 0.1) is 0 Å². The number of fused-ring (bicyclic) bond motifs is 7. The molecule has 6 rings (SSSR count). The predicted molar refractivity (Wildman–Crippen MR) is 212 cm³/mol. The van der Waals surface area contributed by atoms with Crippen molar-refractivity contribution in [3.63, 3.8) is 0 Å². The van der Waals surface area contributed by atoms with E-state index < -0.39 is 23.0 Å². The molecule has 4 unspecified atom stereocenters. The first kappa shape index (κ1) is 41.3. The third-order valence-electron chi connectivity index (χ3n) is 12.7. The van der Waals surface area contributed by atoms with E-state index in [-0.39, 0.29) is 61.7 Å². The van der Waals surface area contributed by atoms with Gasteiger partial charge in [-0.2, -0.15) is 25.1 Å². The first-order chi connectivity index (χ1) is 26.2. The third kappa shape index (κ3) is 9.29. The van der Waals surface area contributed by atoms with Gasteiger partial charge in [-0.25, -0.2) is 9.59 Å². The van der Waals surface area contributed by atoms with Crippen molar-refractivity contribution in [1.82, 2.24) is 25.1 Å². The number of rotatable bonds is 13. The lowest BCUT2D eigenvalue weighted by atomic mass is 9.62. The Bertz CT molecular complexity index is 1420. The monoisotopic (exact) mass is 767 g/mol. The van der Waals surface area contributed by atoms with Crippen LogP contribution in [0.2, 0.25) is 0 Å². The number of hydrogen-bond acceptors (Lipinski definition) is 14. The average Bonchev–Trinajstić information content (AvgIpc) is 3.14. The van der Waals surface area contributed by atoms with E-state index in [9.17, 15) is 9.59 Å². The number of anilines is 3. The Labute approximate surface area is 328 Å². The first-order valence-corrected chi connectivity index (χ1v) is 20.7. The Morgan fingerprint density at radius 3 is 1.45 bits per heavy atom. The zero-order valence-corrected chi connectivity index (χ0v) is 34.2. The van der Waals surface area contributed by atoms with Crippen molar-refractivity contribution in [2.45, 2.75) is 178 Å². The van der Waals surface area contributed by atoms with E-state index >= 15 is 0 Å². The first-order valence-electron chi connectivity index (χ1n) is 20.7. The molecule has 2 N–H and O–H groups in total. The minimum Gasteiger partial charge on any atom is -0.461 e. The second kappa shape index (κ2) is 17.0. The molecule has 3 aliphatic heterocycles. The molecule has 14 nitrogen and oxygen atoms in total. The summed E-state index contributed by atoms with van der Waals surface area (Å²) in [5, 5.41) is 12.3. The van der Waals surface area contributed by atoms with Gasteiger partial charge in [-0.15, -0.1) is 0 Å². The van der Waals surface area contributed by atoms with Crippen LogP contribution in [0.5, 0.6) is 0 Å². The molecule has 55 heavy (non-hydrogen) atoms. The molecule has 306 valence electrons. The zero-order chi connectivity index (χ0) is 39.4. The highest BCUT2D eigenvalue weighted by molar-refractivity contribution is 5.81. The number of nitrogens with one attached hydrogen (secondary N) is 2. The Balaban J connectivity index is 1.41. The lowest BCUT2D eigenvalue weighted by molar-refractivity contribution is -0.387. The average molecular weight is 767 g/mol. The number of hydrogen-bond donors (Lipinski definition) is 2. The number of piperidine rings is 2. The largest absolute Gasteiger partial charge is 0.461 e. The van der Waals surface area contributed by atoms with E-state index in [0.29, 0.717) is 17.8 Å². The molecule has 2 saturated heterocycles. The van der Waals surface area contributed by atoms with Crippen molar-refractivity contribution >= 4 is 29.8 Å². The number of nitrogens with zero attached hydrogens (tertiary/aromatic N) is 6. The highest BCUT2D eigenvalue weighted by Gasteiger charge is 2.65. The normalized spacial score (nSPS) is 29.8. The zero-order valence-electron chi connectivity index (χ0n) is 34.2. The van der Waals surface area contributed by atoms with Crippen molar-refractivity contribution < 1.29 is 28.7 Å². The fourth-order valence-corrected chi connectivity index (χ4v) is 10.2. The number of aromatic nitrogens is 3. The number of carbonyl (C=O) groups is 2. The maximum Gasteiger partial charge on any atom is 0.330 e. The molecule has 2 saturated carbocycles. The number of carbonyl (C=O) groups excluding carboxylic acids is 2. The van der Waals surface area contributed by atoms with Crippen LogP contribution < -0.4 is 15.5 Å². The van der Waals surface area contributed by atoms with E-state index in [1.54, 1.807) is 0 Å². The van der Waals surface area contributed by atoms with E-state index in [1.807, 2.05) is 4.90 Å². The number of hydroxylamine groups is 4. The van der Waals surface area contributed by atoms with Gasteiger partial charge in [0, 0.05) is 35.3 Å². The lowest BCUT2D eigenvalue weighted by Gasteiger charge is -2.68. The van der Waals surface area contributed by atoms with Gasteiger partial charge < -0.3 is 25.0 Å². The summed E-state index contributed by atoms with van der Waals surface area (Å²) in [5.41, 5.74) is -1.71. The molecular weight excluding hydrogens is 701 g/mol. The van der Waals surface area contributed by atoms with Crippen LogP contribution in [0.15, 0.2) is 25.3 Å².